The third-order valence-electron chi connectivity index (χ3n) is 4.08. The number of nitrogens with one attached hydrogen (secondary N) is 2. The summed E-state index contributed by atoms with van der Waals surface area (Å²) in [5.41, 5.74) is 17.1. The number of quaternary nitrogens is 2. The molecule has 0 saturated heterocycles. The van der Waals surface area contributed by atoms with E-state index in [9.17, 15) is 0 Å². The average molecular weight is 667 g/mol. The molecule has 0 spiro atoms. The number of nitrogens with two attached hydrogens (primary N) is 4. The normalized spacial score (nSPS) is 11.2. The van der Waals surface area contributed by atoms with Crippen LogP contribution in [0.1, 0.15) is 26.7 Å². The molecule has 2 unspecified atom stereocenters. The number of rotatable bonds is 10. The monoisotopic (exact) mass is 666 g/mol. The van der Waals surface area contributed by atoms with Crippen molar-refractivity contribution in [1.29, 1.82) is 10.8 Å². The van der Waals surface area contributed by atoms with E-state index in [0.717, 1.165) is 12.8 Å². The Labute approximate surface area is 246 Å². The average Bonchev–Trinajstić information content (AvgIpc) is 2.78. The molecule has 0 bridgehead atoms. The van der Waals surface area contributed by atoms with Gasteiger partial charge in [-0.05, 0) is 26.7 Å². The van der Waals surface area contributed by atoms with Crippen molar-refractivity contribution in [1.82, 2.24) is 9.80 Å². The van der Waals surface area contributed by atoms with Gasteiger partial charge in [-0.15, -0.1) is 0 Å². The van der Waals surface area contributed by atoms with Crippen LogP contribution in [0.15, 0.2) is 0 Å². The lowest BCUT2D eigenvalue weighted by molar-refractivity contribution is -0.312. The fourth-order valence-electron chi connectivity index (χ4n) is 1.30. The highest BCUT2D eigenvalue weighted by atomic mass is 32.3. The summed E-state index contributed by atoms with van der Waals surface area (Å²) in [6.07, 6.45) is 1.44. The summed E-state index contributed by atoms with van der Waals surface area (Å²) in [6, 6.07) is 0. The first kappa shape index (κ1) is 52.1. The Bertz CT molecular complexity index is 790. The second kappa shape index (κ2) is 31.3. The molecule has 2 atom stereocenters. The second-order valence-electron chi connectivity index (χ2n) is 7.93. The first-order valence-electron chi connectivity index (χ1n) is 11.5. The molecule has 0 aliphatic heterocycles. The van der Waals surface area contributed by atoms with Crippen LogP contribution in [0, 0.1) is 22.7 Å². The van der Waals surface area contributed by atoms with E-state index in [4.69, 9.17) is 88.6 Å². The maximum Gasteiger partial charge on any atom is 0.394 e. The Balaban J connectivity index is -0.0000000936. The van der Waals surface area contributed by atoms with Crippen molar-refractivity contribution < 1.29 is 77.8 Å². The van der Waals surface area contributed by atoms with Gasteiger partial charge in [0.05, 0.1) is 25.0 Å². The van der Waals surface area contributed by atoms with Crippen molar-refractivity contribution in [3.63, 3.8) is 0 Å². The molecule has 0 rings (SSSR count). The van der Waals surface area contributed by atoms with Crippen LogP contribution in [-0.2, 0) is 20.8 Å². The highest BCUT2D eigenvalue weighted by molar-refractivity contribution is 7.80. The van der Waals surface area contributed by atoms with Crippen molar-refractivity contribution >= 4 is 44.4 Å². The molecule has 0 fully saturated rings. The van der Waals surface area contributed by atoms with Gasteiger partial charge in [0.25, 0.3) is 0 Å². The molecular formula is C18H54N10O12S2+4. The van der Waals surface area contributed by atoms with Crippen molar-refractivity contribution in [2.45, 2.75) is 26.7 Å². The van der Waals surface area contributed by atoms with E-state index in [2.05, 4.69) is 11.5 Å². The number of aliphatic hydroxyl groups is 4. The van der Waals surface area contributed by atoms with Gasteiger partial charge >= 0.3 is 32.5 Å². The van der Waals surface area contributed by atoms with Crippen molar-refractivity contribution in [3.8, 4) is 0 Å². The van der Waals surface area contributed by atoms with Crippen LogP contribution < -0.4 is 33.8 Å². The second-order valence-corrected chi connectivity index (χ2v) is 9.72. The Morgan fingerprint density at radius 3 is 0.929 bits per heavy atom. The molecule has 0 aromatic heterocycles. The summed E-state index contributed by atoms with van der Waals surface area (Å²) in [5.74, 6) is 1.77. The summed E-state index contributed by atoms with van der Waals surface area (Å²) in [6.45, 7) is 5.20. The molecule has 0 amide bonds. The number of guanidine groups is 2. The first-order chi connectivity index (χ1) is 18.7. The Morgan fingerprint density at radius 2 is 0.881 bits per heavy atom. The SMILES string of the molecule is CC(CCO)C(=[NH2+])[NH3+].CC(CCO)C(=[NH2+])[NH3+].CN(CCO)C(=N)N.CN(CCO)C(=N)N.O=S(=O)(O)O.O=S(=O)(O)O. The quantitative estimate of drug-likeness (QED) is 0.0584. The minimum Gasteiger partial charge on any atom is -0.396 e. The zero-order chi connectivity index (χ0) is 35.3. The third kappa shape index (κ3) is 76.8. The molecule has 24 heteroatoms. The highest BCUT2D eigenvalue weighted by Gasteiger charge is 2.12. The molecular weight excluding hydrogens is 612 g/mol. The molecule has 0 aromatic carbocycles. The number of aliphatic hydroxyl groups excluding tert-OH is 4. The molecule has 22 nitrogen and oxygen atoms in total. The molecule has 0 saturated carbocycles. The van der Waals surface area contributed by atoms with Crippen LogP contribution in [0.2, 0.25) is 0 Å². The molecule has 0 heterocycles. The van der Waals surface area contributed by atoms with Gasteiger partial charge in [0, 0.05) is 40.4 Å². The van der Waals surface area contributed by atoms with Gasteiger partial charge in [-0.2, -0.15) is 16.8 Å². The number of nitrogens with zero attached hydrogens (tertiary/aromatic N) is 2. The minimum atomic E-state index is -4.67. The predicted molar refractivity (Wildman–Crippen MR) is 153 cm³/mol. The Kier molecular flexibility index (Phi) is 38.8. The summed E-state index contributed by atoms with van der Waals surface area (Å²) < 4.78 is 63.2. The minimum absolute atomic E-state index is 0.0148. The van der Waals surface area contributed by atoms with Gasteiger partial charge in [-0.3, -0.25) is 40.5 Å². The maximum absolute atomic E-state index is 8.74. The number of likely N-dealkylation sites (N-methyl/N-ethyl adjacent to an activating group) is 2. The van der Waals surface area contributed by atoms with Crippen LogP contribution in [0.25, 0.3) is 0 Å². The van der Waals surface area contributed by atoms with Gasteiger partial charge in [0.15, 0.2) is 11.9 Å². The summed E-state index contributed by atoms with van der Waals surface area (Å²) in [7, 11) is -6.03. The Morgan fingerprint density at radius 1 is 0.690 bits per heavy atom. The van der Waals surface area contributed by atoms with Gasteiger partial charge in [0.2, 0.25) is 0 Å². The topological polar surface area (TPSA) is 443 Å². The van der Waals surface area contributed by atoms with E-state index in [1.54, 1.807) is 14.1 Å². The lowest BCUT2D eigenvalue weighted by Gasteiger charge is -2.13. The van der Waals surface area contributed by atoms with E-state index in [1.165, 1.54) is 9.80 Å². The maximum atomic E-state index is 8.74. The number of hydrogen-bond acceptors (Lipinski definition) is 10. The Hall–Kier alpha value is -2.62. The van der Waals surface area contributed by atoms with E-state index in [-0.39, 0.29) is 50.2 Å². The molecule has 0 aliphatic rings. The van der Waals surface area contributed by atoms with Gasteiger partial charge in [0.1, 0.15) is 0 Å². The van der Waals surface area contributed by atoms with Crippen molar-refractivity contribution in [3.05, 3.63) is 0 Å². The molecule has 42 heavy (non-hydrogen) atoms. The highest BCUT2D eigenvalue weighted by Crippen LogP contribution is 1.95. The van der Waals surface area contributed by atoms with Gasteiger partial charge < -0.3 is 41.7 Å². The smallest absolute Gasteiger partial charge is 0.394 e. The molecule has 0 radical (unpaired) electrons. The van der Waals surface area contributed by atoms with Crippen LogP contribution in [0.4, 0.5) is 0 Å². The summed E-state index contributed by atoms with van der Waals surface area (Å²) in [5, 5.41) is 57.6. The van der Waals surface area contributed by atoms with E-state index in [0.29, 0.717) is 24.8 Å². The fourth-order valence-corrected chi connectivity index (χ4v) is 1.30. The van der Waals surface area contributed by atoms with Crippen molar-refractivity contribution in [2.75, 3.05) is 53.6 Å². The third-order valence-corrected chi connectivity index (χ3v) is 4.08. The van der Waals surface area contributed by atoms with Crippen molar-refractivity contribution in [2.24, 2.45) is 23.3 Å². The molecule has 0 aliphatic carbocycles. The predicted octanol–water partition coefficient (Wildman–Crippen LogP) is -8.89. The zero-order valence-corrected chi connectivity index (χ0v) is 26.1. The molecule has 0 aromatic rings. The van der Waals surface area contributed by atoms with Gasteiger partial charge in [-0.25, -0.2) is 10.8 Å². The van der Waals surface area contributed by atoms with E-state index >= 15 is 0 Å². The van der Waals surface area contributed by atoms with E-state index < -0.39 is 20.8 Å². The number of hydrogen-bond donors (Lipinski definition) is 16. The number of amidine groups is 2. The molecule has 24 N–H and O–H groups in total. The molecule has 256 valence electrons. The van der Waals surface area contributed by atoms with Crippen LogP contribution in [0.5, 0.6) is 0 Å². The zero-order valence-electron chi connectivity index (χ0n) is 24.5. The fraction of sp³-hybridized carbons (Fsp3) is 0.778. The first-order valence-corrected chi connectivity index (χ1v) is 14.3. The largest absolute Gasteiger partial charge is 0.396 e. The standard InChI is InChI=1S/2C5H12N2O.2C4H11N3O.2H2O4S/c2*1-4(2-3-8)5(6)7;2*1-7(2-3-8)4(5)6;2*1-5(2,3)4/h2*4,8H,2-3H2,1H3,(H3,6,7);2*8H,2-3H2,1H3,(H3,5,6);2*(H2,1,2,3,4)/p+4. The lowest BCUT2D eigenvalue weighted by Crippen LogP contribution is -2.72. The van der Waals surface area contributed by atoms with Crippen LogP contribution in [-0.4, -0.2) is 142 Å². The van der Waals surface area contributed by atoms with Gasteiger partial charge in [-0.1, -0.05) is 0 Å². The summed E-state index contributed by atoms with van der Waals surface area (Å²) in [4.78, 5) is 2.92. The lowest BCUT2D eigenvalue weighted by atomic mass is 10.1. The van der Waals surface area contributed by atoms with Crippen LogP contribution in [0.3, 0.4) is 0 Å². The van der Waals surface area contributed by atoms with Crippen LogP contribution >= 0.6 is 0 Å². The van der Waals surface area contributed by atoms with E-state index in [1.807, 2.05) is 13.8 Å². The summed E-state index contributed by atoms with van der Waals surface area (Å²) >= 11 is 0.